The predicted octanol–water partition coefficient (Wildman–Crippen LogP) is 2.84. The molecule has 0 amide bonds. The van der Waals surface area contributed by atoms with Crippen molar-refractivity contribution in [2.24, 2.45) is 9.98 Å². The second-order valence-corrected chi connectivity index (χ2v) is 4.64. The van der Waals surface area contributed by atoms with Gasteiger partial charge in [-0.25, -0.2) is 4.39 Å². The molecule has 2 N–H and O–H groups in total. The minimum Gasteiger partial charge on any atom is -0.505 e. The van der Waals surface area contributed by atoms with E-state index in [-0.39, 0.29) is 5.75 Å². The zero-order chi connectivity index (χ0) is 14.7. The fourth-order valence-corrected chi connectivity index (χ4v) is 2.15. The van der Waals surface area contributed by atoms with Crippen molar-refractivity contribution >= 4 is 17.1 Å². The average Bonchev–Trinajstić information content (AvgIpc) is 2.98. The summed E-state index contributed by atoms with van der Waals surface area (Å²) in [6.45, 7) is 0.878. The first-order valence-corrected chi connectivity index (χ1v) is 6.60. The summed E-state index contributed by atoms with van der Waals surface area (Å²) in [6, 6.07) is 14.0. The van der Waals surface area contributed by atoms with Crippen LogP contribution in [-0.2, 0) is 0 Å². The lowest BCUT2D eigenvalue weighted by molar-refractivity contribution is 0.432. The van der Waals surface area contributed by atoms with E-state index in [1.807, 2.05) is 30.3 Å². The third-order valence-electron chi connectivity index (χ3n) is 3.22. The van der Waals surface area contributed by atoms with Crippen LogP contribution in [0.15, 0.2) is 58.5 Å². The van der Waals surface area contributed by atoms with Crippen LogP contribution in [0.1, 0.15) is 5.56 Å². The molecule has 1 aliphatic rings. The molecule has 1 aliphatic heterocycles. The Labute approximate surface area is 121 Å². The molecule has 0 unspecified atom stereocenters. The monoisotopic (exact) mass is 283 g/mol. The van der Waals surface area contributed by atoms with Crippen LogP contribution in [0.2, 0.25) is 0 Å². The van der Waals surface area contributed by atoms with Crippen molar-refractivity contribution in [3.63, 3.8) is 0 Å². The normalized spacial score (nSPS) is 13.8. The van der Waals surface area contributed by atoms with E-state index >= 15 is 0 Å². The smallest absolute Gasteiger partial charge is 0.166 e. The predicted molar refractivity (Wildman–Crippen MR) is 81.8 cm³/mol. The van der Waals surface area contributed by atoms with Crippen LogP contribution in [0.3, 0.4) is 0 Å². The van der Waals surface area contributed by atoms with E-state index in [0.29, 0.717) is 18.9 Å². The summed E-state index contributed by atoms with van der Waals surface area (Å²) in [4.78, 5) is 8.75. The molecule has 0 spiro atoms. The summed E-state index contributed by atoms with van der Waals surface area (Å²) in [5, 5.41) is 12.3. The maximum Gasteiger partial charge on any atom is 0.166 e. The van der Waals surface area contributed by atoms with Gasteiger partial charge < -0.3 is 10.4 Å². The Morgan fingerprint density at radius 1 is 1.10 bits per heavy atom. The molecule has 0 radical (unpaired) electrons. The van der Waals surface area contributed by atoms with Gasteiger partial charge in [0.2, 0.25) is 0 Å². The number of phenols is 1. The number of hydrogen-bond acceptors (Lipinski definition) is 4. The number of phenolic OH excluding ortho intramolecular Hbond substituents is 1. The highest BCUT2D eigenvalue weighted by Gasteiger charge is 2.15. The first-order chi connectivity index (χ1) is 10.2. The molecule has 0 fully saturated rings. The Morgan fingerprint density at radius 2 is 1.90 bits per heavy atom. The molecular formula is C16H14FN3O. The minimum atomic E-state index is -0.648. The third kappa shape index (κ3) is 2.91. The van der Waals surface area contributed by atoms with Gasteiger partial charge in [0.1, 0.15) is 6.67 Å². The van der Waals surface area contributed by atoms with E-state index in [1.54, 1.807) is 6.07 Å². The summed E-state index contributed by atoms with van der Waals surface area (Å²) in [5.41, 5.74) is 3.32. The van der Waals surface area contributed by atoms with Gasteiger partial charge in [-0.1, -0.05) is 30.3 Å². The zero-order valence-corrected chi connectivity index (χ0v) is 11.3. The molecule has 0 atom stereocenters. The summed E-state index contributed by atoms with van der Waals surface area (Å²) in [7, 11) is 0. The molecule has 2 aromatic rings. The number of hydrogen-bond donors (Lipinski definition) is 2. The van der Waals surface area contributed by atoms with Crippen molar-refractivity contribution in [3.05, 3.63) is 59.9 Å². The van der Waals surface area contributed by atoms with E-state index in [0.717, 1.165) is 17.0 Å². The fourth-order valence-electron chi connectivity index (χ4n) is 2.15. The van der Waals surface area contributed by atoms with E-state index in [2.05, 4.69) is 15.3 Å². The SMILES string of the molecule is Oc1ccc(NCC2=NCN=C2c2ccccc2)cc1F. The topological polar surface area (TPSA) is 57.0 Å². The number of aromatic hydroxyl groups is 1. The van der Waals surface area contributed by atoms with Gasteiger partial charge >= 0.3 is 0 Å². The molecule has 0 bridgehead atoms. The molecular weight excluding hydrogens is 269 g/mol. The van der Waals surface area contributed by atoms with Gasteiger partial charge in [-0.05, 0) is 12.1 Å². The standard InChI is InChI=1S/C16H14FN3O/c17-13-8-12(6-7-15(13)21)18-9-14-16(20-10-19-14)11-4-2-1-3-5-11/h1-8,18,21H,9-10H2. The van der Waals surface area contributed by atoms with Gasteiger partial charge in [0.05, 0.1) is 18.0 Å². The van der Waals surface area contributed by atoms with Crippen LogP contribution >= 0.6 is 0 Å². The number of aliphatic imine (C=N–C) groups is 2. The summed E-state index contributed by atoms with van der Waals surface area (Å²) < 4.78 is 13.3. The van der Waals surface area contributed by atoms with Gasteiger partial charge in [0.25, 0.3) is 0 Å². The van der Waals surface area contributed by atoms with Crippen molar-refractivity contribution in [2.75, 3.05) is 18.5 Å². The quantitative estimate of drug-likeness (QED) is 0.848. The van der Waals surface area contributed by atoms with E-state index < -0.39 is 5.82 Å². The molecule has 0 aliphatic carbocycles. The Morgan fingerprint density at radius 3 is 2.67 bits per heavy atom. The number of halogens is 1. The first-order valence-electron chi connectivity index (χ1n) is 6.60. The molecule has 4 nitrogen and oxygen atoms in total. The molecule has 0 aromatic heterocycles. The van der Waals surface area contributed by atoms with Crippen LogP contribution in [0, 0.1) is 5.82 Å². The molecule has 2 aromatic carbocycles. The molecule has 1 heterocycles. The van der Waals surface area contributed by atoms with Crippen LogP contribution in [0.4, 0.5) is 10.1 Å². The number of nitrogens with one attached hydrogen (secondary N) is 1. The van der Waals surface area contributed by atoms with Crippen molar-refractivity contribution in [2.45, 2.75) is 0 Å². The van der Waals surface area contributed by atoms with E-state index in [4.69, 9.17) is 5.11 Å². The van der Waals surface area contributed by atoms with Crippen LogP contribution < -0.4 is 5.32 Å². The van der Waals surface area contributed by atoms with Gasteiger partial charge in [-0.15, -0.1) is 0 Å². The second-order valence-electron chi connectivity index (χ2n) is 4.64. The van der Waals surface area contributed by atoms with Gasteiger partial charge in [0, 0.05) is 17.3 Å². The lowest BCUT2D eigenvalue weighted by Gasteiger charge is -2.09. The summed E-state index contributed by atoms with van der Waals surface area (Å²) in [6.07, 6.45) is 0. The summed E-state index contributed by atoms with van der Waals surface area (Å²) >= 11 is 0. The molecule has 3 rings (SSSR count). The first kappa shape index (κ1) is 13.3. The van der Waals surface area contributed by atoms with E-state index in [9.17, 15) is 4.39 Å². The molecule has 0 saturated heterocycles. The van der Waals surface area contributed by atoms with E-state index in [1.165, 1.54) is 12.1 Å². The molecule has 106 valence electrons. The molecule has 21 heavy (non-hydrogen) atoms. The maximum absolute atomic E-state index is 13.3. The number of rotatable bonds is 4. The van der Waals surface area contributed by atoms with Gasteiger partial charge in [-0.3, -0.25) is 9.98 Å². The van der Waals surface area contributed by atoms with Crippen LogP contribution in [-0.4, -0.2) is 29.7 Å². The highest BCUT2D eigenvalue weighted by molar-refractivity contribution is 6.50. The number of anilines is 1. The largest absolute Gasteiger partial charge is 0.505 e. The van der Waals surface area contributed by atoms with Gasteiger partial charge in [-0.2, -0.15) is 0 Å². The van der Waals surface area contributed by atoms with Gasteiger partial charge in [0.15, 0.2) is 11.6 Å². The Kier molecular flexibility index (Phi) is 3.64. The highest BCUT2D eigenvalue weighted by Crippen LogP contribution is 2.19. The van der Waals surface area contributed by atoms with Crippen molar-refractivity contribution < 1.29 is 9.50 Å². The van der Waals surface area contributed by atoms with Crippen LogP contribution in [0.25, 0.3) is 0 Å². The zero-order valence-electron chi connectivity index (χ0n) is 11.3. The Hall–Kier alpha value is -2.69. The molecule has 0 saturated carbocycles. The van der Waals surface area contributed by atoms with Crippen LogP contribution in [0.5, 0.6) is 5.75 Å². The highest BCUT2D eigenvalue weighted by atomic mass is 19.1. The lowest BCUT2D eigenvalue weighted by atomic mass is 10.1. The van der Waals surface area contributed by atoms with Crippen molar-refractivity contribution in [1.29, 1.82) is 0 Å². The minimum absolute atomic E-state index is 0.356. The average molecular weight is 283 g/mol. The van der Waals surface area contributed by atoms with Crippen molar-refractivity contribution in [1.82, 2.24) is 0 Å². The maximum atomic E-state index is 13.3. The Bertz CT molecular complexity index is 711. The number of benzene rings is 2. The second kappa shape index (κ2) is 5.75. The summed E-state index contributed by atoms with van der Waals surface area (Å²) in [5.74, 6) is -1.00. The van der Waals surface area contributed by atoms with Crippen molar-refractivity contribution in [3.8, 4) is 5.75 Å². The third-order valence-corrected chi connectivity index (χ3v) is 3.22. The lowest BCUT2D eigenvalue weighted by Crippen LogP contribution is -2.22. The Balaban J connectivity index is 1.71. The number of nitrogens with zero attached hydrogens (tertiary/aromatic N) is 2. The molecule has 5 heteroatoms. The fraction of sp³-hybridized carbons (Fsp3) is 0.125.